The van der Waals surface area contributed by atoms with Crippen LogP contribution in [-0.4, -0.2) is 52.9 Å². The quantitative estimate of drug-likeness (QED) is 0.489. The zero-order chi connectivity index (χ0) is 19.8. The highest BCUT2D eigenvalue weighted by Crippen LogP contribution is 2.15. The fourth-order valence-corrected chi connectivity index (χ4v) is 2.79. The predicted molar refractivity (Wildman–Crippen MR) is 111 cm³/mol. The first kappa shape index (κ1) is 19.7. The fraction of sp³-hybridized carbons (Fsp3) is 0.250. The molecule has 2 aromatic carbocycles. The van der Waals surface area contributed by atoms with E-state index < -0.39 is 0 Å². The summed E-state index contributed by atoms with van der Waals surface area (Å²) in [7, 11) is 3.71. The maximum Gasteiger partial charge on any atom is 0.193 e. The number of ether oxygens (including phenoxy) is 1. The highest BCUT2D eigenvalue weighted by Gasteiger charge is 2.10. The molecule has 0 saturated heterocycles. The van der Waals surface area contributed by atoms with E-state index in [1.807, 2.05) is 71.1 Å². The summed E-state index contributed by atoms with van der Waals surface area (Å²) in [6, 6.07) is 17.3. The van der Waals surface area contributed by atoms with Crippen LogP contribution in [0.25, 0.3) is 5.69 Å². The predicted octanol–water partition coefficient (Wildman–Crippen LogP) is 3.01. The molecule has 146 valence electrons. The smallest absolute Gasteiger partial charge is 0.193 e. The summed E-state index contributed by atoms with van der Waals surface area (Å²) in [4.78, 5) is 6.33. The second-order valence-electron chi connectivity index (χ2n) is 6.08. The van der Waals surface area contributed by atoms with Crippen molar-refractivity contribution in [3.8, 4) is 11.4 Å². The van der Waals surface area contributed by atoms with Gasteiger partial charge in [-0.05, 0) is 36.4 Å². The molecule has 1 heterocycles. The van der Waals surface area contributed by atoms with Crippen LogP contribution in [0.4, 0.5) is 0 Å². The van der Waals surface area contributed by atoms with Gasteiger partial charge >= 0.3 is 0 Å². The van der Waals surface area contributed by atoms with Gasteiger partial charge < -0.3 is 15.0 Å². The highest BCUT2D eigenvalue weighted by molar-refractivity contribution is 6.30. The number of likely N-dealkylation sites (N-methyl/N-ethyl adjacent to an activating group) is 1. The Kier molecular flexibility index (Phi) is 6.86. The Bertz CT molecular complexity index is 895. The number of hydrogen-bond acceptors (Lipinski definition) is 4. The molecule has 0 radical (unpaired) electrons. The van der Waals surface area contributed by atoms with Gasteiger partial charge in [0.05, 0.1) is 13.1 Å². The molecule has 0 saturated carbocycles. The third-order valence-corrected chi connectivity index (χ3v) is 4.39. The van der Waals surface area contributed by atoms with Crippen molar-refractivity contribution >= 4 is 17.6 Å². The van der Waals surface area contributed by atoms with E-state index in [0.29, 0.717) is 24.7 Å². The summed E-state index contributed by atoms with van der Waals surface area (Å²) in [5, 5.41) is 12.2. The van der Waals surface area contributed by atoms with Gasteiger partial charge in [0, 0.05) is 24.8 Å². The molecule has 0 spiro atoms. The van der Waals surface area contributed by atoms with Crippen molar-refractivity contribution in [1.29, 1.82) is 0 Å². The van der Waals surface area contributed by atoms with E-state index in [2.05, 4.69) is 20.5 Å². The van der Waals surface area contributed by atoms with Crippen LogP contribution in [0.2, 0.25) is 5.02 Å². The summed E-state index contributed by atoms with van der Waals surface area (Å²) < 4.78 is 7.69. The molecule has 0 fully saturated rings. The number of nitrogens with zero attached hydrogens (tertiary/aromatic N) is 5. The van der Waals surface area contributed by atoms with Crippen molar-refractivity contribution in [2.75, 3.05) is 27.2 Å². The number of aromatic nitrogens is 3. The van der Waals surface area contributed by atoms with E-state index in [9.17, 15) is 0 Å². The number of hydrogen-bond donors (Lipinski definition) is 1. The maximum absolute atomic E-state index is 5.88. The molecular formula is C20H23ClN6O. The molecule has 0 aliphatic heterocycles. The average Bonchev–Trinajstić information content (AvgIpc) is 3.19. The number of aliphatic imine (C=N–C) groups is 1. The summed E-state index contributed by atoms with van der Waals surface area (Å²) in [5.74, 6) is 2.34. The molecule has 0 unspecified atom stereocenters. The lowest BCUT2D eigenvalue weighted by Crippen LogP contribution is -2.40. The van der Waals surface area contributed by atoms with E-state index in [1.165, 1.54) is 0 Å². The first-order valence-electron chi connectivity index (χ1n) is 8.92. The lowest BCUT2D eigenvalue weighted by atomic mass is 10.3. The Morgan fingerprint density at radius 1 is 1.18 bits per heavy atom. The molecule has 7 nitrogen and oxygen atoms in total. The number of guanidine groups is 1. The second kappa shape index (κ2) is 9.75. The molecule has 3 aromatic rings. The Morgan fingerprint density at radius 2 is 1.93 bits per heavy atom. The van der Waals surface area contributed by atoms with Gasteiger partial charge in [-0.1, -0.05) is 29.8 Å². The van der Waals surface area contributed by atoms with Crippen molar-refractivity contribution in [3.63, 3.8) is 0 Å². The van der Waals surface area contributed by atoms with Gasteiger partial charge in [-0.2, -0.15) is 0 Å². The normalized spacial score (nSPS) is 11.3. The average molecular weight is 399 g/mol. The van der Waals surface area contributed by atoms with Crippen LogP contribution < -0.4 is 10.1 Å². The lowest BCUT2D eigenvalue weighted by molar-refractivity contribution is 0.281. The minimum atomic E-state index is 0.504. The first-order chi connectivity index (χ1) is 13.7. The number of para-hydroxylation sites is 1. The van der Waals surface area contributed by atoms with E-state index in [0.717, 1.165) is 23.2 Å². The van der Waals surface area contributed by atoms with Crippen LogP contribution >= 0.6 is 11.6 Å². The molecule has 0 bridgehead atoms. The number of rotatable bonds is 7. The van der Waals surface area contributed by atoms with Crippen LogP contribution in [-0.2, 0) is 6.54 Å². The zero-order valence-corrected chi connectivity index (χ0v) is 16.7. The van der Waals surface area contributed by atoms with Gasteiger partial charge in [0.1, 0.15) is 18.7 Å². The Balaban J connectivity index is 1.52. The minimum Gasteiger partial charge on any atom is -0.492 e. The van der Waals surface area contributed by atoms with Crippen molar-refractivity contribution in [3.05, 3.63) is 71.8 Å². The van der Waals surface area contributed by atoms with Crippen LogP contribution in [0.3, 0.4) is 0 Å². The first-order valence-corrected chi connectivity index (χ1v) is 9.29. The minimum absolute atomic E-state index is 0.504. The monoisotopic (exact) mass is 398 g/mol. The molecule has 0 aliphatic carbocycles. The summed E-state index contributed by atoms with van der Waals surface area (Å²) in [6.07, 6.45) is 1.71. The van der Waals surface area contributed by atoms with Gasteiger partial charge in [-0.25, -0.2) is 0 Å². The highest BCUT2D eigenvalue weighted by atomic mass is 35.5. The summed E-state index contributed by atoms with van der Waals surface area (Å²) in [5.41, 5.74) is 1.02. The molecule has 0 aliphatic rings. The fourth-order valence-electron chi connectivity index (χ4n) is 2.66. The lowest BCUT2D eigenvalue weighted by Gasteiger charge is -2.22. The van der Waals surface area contributed by atoms with Crippen LogP contribution in [0, 0.1) is 0 Å². The van der Waals surface area contributed by atoms with Crippen molar-refractivity contribution in [2.45, 2.75) is 6.54 Å². The standard InChI is InChI=1S/C20H23ClN6O/c1-22-20(26(2)12-13-28-18-10-8-16(21)9-11-18)23-14-19-25-24-15-27(19)17-6-4-3-5-7-17/h3-11,15H,12-14H2,1-2H3,(H,22,23). The largest absolute Gasteiger partial charge is 0.492 e. The second-order valence-corrected chi connectivity index (χ2v) is 6.51. The van der Waals surface area contributed by atoms with E-state index in [4.69, 9.17) is 16.3 Å². The van der Waals surface area contributed by atoms with E-state index >= 15 is 0 Å². The van der Waals surface area contributed by atoms with Gasteiger partial charge in [0.2, 0.25) is 0 Å². The summed E-state index contributed by atoms with van der Waals surface area (Å²) in [6.45, 7) is 1.71. The molecular weight excluding hydrogens is 376 g/mol. The van der Waals surface area contributed by atoms with Gasteiger partial charge in [0.25, 0.3) is 0 Å². The van der Waals surface area contributed by atoms with Gasteiger partial charge in [-0.15, -0.1) is 10.2 Å². The Labute approximate surface area is 169 Å². The Hall–Kier alpha value is -3.06. The van der Waals surface area contributed by atoms with Crippen molar-refractivity contribution < 1.29 is 4.74 Å². The molecule has 28 heavy (non-hydrogen) atoms. The van der Waals surface area contributed by atoms with Crippen LogP contribution in [0.5, 0.6) is 5.75 Å². The number of benzene rings is 2. The molecule has 8 heteroatoms. The molecule has 1 N–H and O–H groups in total. The summed E-state index contributed by atoms with van der Waals surface area (Å²) >= 11 is 5.88. The number of nitrogens with one attached hydrogen (secondary N) is 1. The molecule has 1 aromatic heterocycles. The van der Waals surface area contributed by atoms with E-state index in [-0.39, 0.29) is 0 Å². The number of halogens is 1. The Morgan fingerprint density at radius 3 is 2.64 bits per heavy atom. The van der Waals surface area contributed by atoms with Crippen molar-refractivity contribution in [1.82, 2.24) is 25.0 Å². The maximum atomic E-state index is 5.88. The topological polar surface area (TPSA) is 67.6 Å². The van der Waals surface area contributed by atoms with Crippen molar-refractivity contribution in [2.24, 2.45) is 4.99 Å². The van der Waals surface area contributed by atoms with Gasteiger partial charge in [0.15, 0.2) is 11.8 Å². The van der Waals surface area contributed by atoms with E-state index in [1.54, 1.807) is 13.4 Å². The molecule has 0 amide bonds. The third kappa shape index (κ3) is 5.23. The zero-order valence-electron chi connectivity index (χ0n) is 15.9. The van der Waals surface area contributed by atoms with Crippen LogP contribution in [0.1, 0.15) is 5.82 Å². The molecule has 3 rings (SSSR count). The van der Waals surface area contributed by atoms with Crippen LogP contribution in [0.15, 0.2) is 65.9 Å². The van der Waals surface area contributed by atoms with Gasteiger partial charge in [-0.3, -0.25) is 9.56 Å². The SMILES string of the molecule is CN=C(NCc1nncn1-c1ccccc1)N(C)CCOc1ccc(Cl)cc1. The molecule has 0 atom stereocenters. The third-order valence-electron chi connectivity index (χ3n) is 4.14.